The predicted octanol–water partition coefficient (Wildman–Crippen LogP) is 2.87. The smallest absolute Gasteiger partial charge is 0.197 e. The Morgan fingerprint density at radius 3 is 2.85 bits per heavy atom. The number of nitrogens with one attached hydrogen (secondary N) is 2. The molecule has 0 aliphatic carbocycles. The number of para-hydroxylation sites is 2. The second-order valence-electron chi connectivity index (χ2n) is 6.43. The zero-order valence-electron chi connectivity index (χ0n) is 15.4. The Kier molecular flexibility index (Phi) is 5.90. The number of hydrogen-bond donors (Lipinski definition) is 2. The Balaban J connectivity index is 1.72. The van der Waals surface area contributed by atoms with Crippen LogP contribution in [0.15, 0.2) is 53.0 Å². The van der Waals surface area contributed by atoms with Gasteiger partial charge in [0, 0.05) is 19.4 Å². The topological polar surface area (TPSA) is 76.2 Å². The number of aromatic amines is 1. The minimum atomic E-state index is -1.27. The van der Waals surface area contributed by atoms with Gasteiger partial charge in [-0.3, -0.25) is 4.21 Å². The van der Waals surface area contributed by atoms with Crippen molar-refractivity contribution in [1.29, 1.82) is 0 Å². The van der Waals surface area contributed by atoms with E-state index in [1.807, 2.05) is 50.4 Å². The van der Waals surface area contributed by atoms with Crippen molar-refractivity contribution in [2.45, 2.75) is 31.0 Å². The molecule has 2 atom stereocenters. The molecule has 1 aliphatic rings. The van der Waals surface area contributed by atoms with Crippen molar-refractivity contribution in [2.75, 3.05) is 26.1 Å². The van der Waals surface area contributed by atoms with Gasteiger partial charge in [0.05, 0.1) is 34.2 Å². The number of nitrogens with zero attached hydrogens (tertiary/aromatic N) is 1. The van der Waals surface area contributed by atoms with Crippen LogP contribution in [-0.2, 0) is 20.3 Å². The van der Waals surface area contributed by atoms with Crippen LogP contribution < -0.4 is 5.32 Å². The Labute approximate surface area is 156 Å². The fourth-order valence-corrected chi connectivity index (χ4v) is 3.99. The van der Waals surface area contributed by atoms with Crippen molar-refractivity contribution in [3.63, 3.8) is 0 Å². The summed E-state index contributed by atoms with van der Waals surface area (Å²) in [6.45, 7) is 5.31. The zero-order chi connectivity index (χ0) is 18.6. The molecule has 2 heterocycles. The number of aromatic nitrogens is 2. The van der Waals surface area contributed by atoms with E-state index in [1.165, 1.54) is 0 Å². The van der Waals surface area contributed by atoms with E-state index >= 15 is 0 Å². The summed E-state index contributed by atoms with van der Waals surface area (Å²) >= 11 is 0. The van der Waals surface area contributed by atoms with Crippen LogP contribution in [-0.4, -0.2) is 45.9 Å². The number of rotatable bonds is 8. The maximum absolute atomic E-state index is 12.8. The SMILES string of the molecule is COCCCOC1(C)C=CNC(CS(=O)c2nc3ccccc3[nH]2)=C1C. The molecule has 0 spiro atoms. The summed E-state index contributed by atoms with van der Waals surface area (Å²) in [5.74, 6) is 0.354. The van der Waals surface area contributed by atoms with Gasteiger partial charge in [-0.15, -0.1) is 0 Å². The third kappa shape index (κ3) is 4.06. The van der Waals surface area contributed by atoms with Crippen LogP contribution in [0.25, 0.3) is 11.0 Å². The normalized spacial score (nSPS) is 21.2. The highest BCUT2D eigenvalue weighted by Crippen LogP contribution is 2.28. The summed E-state index contributed by atoms with van der Waals surface area (Å²) in [7, 11) is 0.411. The second-order valence-corrected chi connectivity index (χ2v) is 7.80. The fourth-order valence-electron chi connectivity index (χ4n) is 2.86. The molecular formula is C19H25N3O3S. The zero-order valence-corrected chi connectivity index (χ0v) is 16.2. The number of benzene rings is 1. The van der Waals surface area contributed by atoms with Gasteiger partial charge in [0.15, 0.2) is 5.16 Å². The van der Waals surface area contributed by atoms with Crippen LogP contribution in [0.2, 0.25) is 0 Å². The van der Waals surface area contributed by atoms with Gasteiger partial charge < -0.3 is 19.8 Å². The van der Waals surface area contributed by atoms with Crippen LogP contribution in [0, 0.1) is 0 Å². The van der Waals surface area contributed by atoms with Gasteiger partial charge in [-0.1, -0.05) is 12.1 Å². The van der Waals surface area contributed by atoms with Crippen LogP contribution in [0.1, 0.15) is 20.3 Å². The van der Waals surface area contributed by atoms with Crippen molar-refractivity contribution in [1.82, 2.24) is 15.3 Å². The van der Waals surface area contributed by atoms with Gasteiger partial charge >= 0.3 is 0 Å². The molecule has 0 bridgehead atoms. The van der Waals surface area contributed by atoms with E-state index < -0.39 is 16.4 Å². The Bertz CT molecular complexity index is 826. The third-order valence-electron chi connectivity index (χ3n) is 4.61. The lowest BCUT2D eigenvalue weighted by molar-refractivity contribution is 0.0190. The van der Waals surface area contributed by atoms with Crippen molar-refractivity contribution >= 4 is 21.8 Å². The largest absolute Gasteiger partial charge is 0.385 e. The average molecular weight is 375 g/mol. The maximum atomic E-state index is 12.8. The second kappa shape index (κ2) is 8.16. The molecule has 3 rings (SSSR count). The number of H-pyrrole nitrogens is 1. The Morgan fingerprint density at radius 1 is 1.27 bits per heavy atom. The molecule has 6 nitrogen and oxygen atoms in total. The molecule has 26 heavy (non-hydrogen) atoms. The van der Waals surface area contributed by atoms with Gasteiger partial charge in [-0.2, -0.15) is 0 Å². The van der Waals surface area contributed by atoms with E-state index in [1.54, 1.807) is 7.11 Å². The number of imidazole rings is 1. The Hall–Kier alpha value is -1.96. The number of dihydropyridines is 1. The molecule has 0 fully saturated rings. The molecule has 2 unspecified atom stereocenters. The fraction of sp³-hybridized carbons (Fsp3) is 0.421. The number of methoxy groups -OCH3 is 1. The molecule has 7 heteroatoms. The lowest BCUT2D eigenvalue weighted by Crippen LogP contribution is -2.36. The van der Waals surface area contributed by atoms with Crippen molar-refractivity contribution in [3.05, 3.63) is 47.8 Å². The van der Waals surface area contributed by atoms with Gasteiger partial charge in [0.1, 0.15) is 5.60 Å². The maximum Gasteiger partial charge on any atom is 0.197 e. The van der Waals surface area contributed by atoms with Crippen LogP contribution >= 0.6 is 0 Å². The summed E-state index contributed by atoms with van der Waals surface area (Å²) in [6.07, 6.45) is 4.68. The number of hydrogen-bond acceptors (Lipinski definition) is 5. The molecule has 2 aromatic rings. The van der Waals surface area contributed by atoms with Crippen LogP contribution in [0.5, 0.6) is 0 Å². The van der Waals surface area contributed by atoms with Gasteiger partial charge in [0.25, 0.3) is 0 Å². The van der Waals surface area contributed by atoms with E-state index in [0.717, 1.165) is 28.7 Å². The molecule has 0 saturated carbocycles. The Morgan fingerprint density at radius 2 is 2.08 bits per heavy atom. The highest BCUT2D eigenvalue weighted by Gasteiger charge is 2.30. The minimum Gasteiger partial charge on any atom is -0.385 e. The number of fused-ring (bicyclic) bond motifs is 1. The van der Waals surface area contributed by atoms with Crippen molar-refractivity contribution in [3.8, 4) is 0 Å². The monoisotopic (exact) mass is 375 g/mol. The molecule has 1 aromatic heterocycles. The lowest BCUT2D eigenvalue weighted by Gasteiger charge is -2.33. The molecule has 2 N–H and O–H groups in total. The van der Waals surface area contributed by atoms with Crippen LogP contribution in [0.3, 0.4) is 0 Å². The molecular weight excluding hydrogens is 350 g/mol. The first kappa shape index (κ1) is 18.8. The highest BCUT2D eigenvalue weighted by molar-refractivity contribution is 7.85. The van der Waals surface area contributed by atoms with Gasteiger partial charge in [0.2, 0.25) is 0 Å². The highest BCUT2D eigenvalue weighted by atomic mass is 32.2. The molecule has 1 aromatic carbocycles. The minimum absolute atomic E-state index is 0.354. The molecule has 0 saturated heterocycles. The van der Waals surface area contributed by atoms with E-state index in [-0.39, 0.29) is 0 Å². The van der Waals surface area contributed by atoms with Crippen molar-refractivity contribution < 1.29 is 13.7 Å². The third-order valence-corrected chi connectivity index (χ3v) is 5.79. The van der Waals surface area contributed by atoms with E-state index in [9.17, 15) is 4.21 Å². The first-order chi connectivity index (χ1) is 12.5. The molecule has 140 valence electrons. The summed E-state index contributed by atoms with van der Waals surface area (Å²) in [6, 6.07) is 7.69. The van der Waals surface area contributed by atoms with E-state index in [4.69, 9.17) is 9.47 Å². The summed E-state index contributed by atoms with van der Waals surface area (Å²) in [5.41, 5.74) is 3.14. The quantitative estimate of drug-likeness (QED) is 0.694. The predicted molar refractivity (Wildman–Crippen MR) is 103 cm³/mol. The first-order valence-electron chi connectivity index (χ1n) is 8.64. The lowest BCUT2D eigenvalue weighted by atomic mass is 9.93. The molecule has 0 radical (unpaired) electrons. The van der Waals surface area contributed by atoms with E-state index in [2.05, 4.69) is 15.3 Å². The molecule has 1 aliphatic heterocycles. The number of ether oxygens (including phenoxy) is 2. The van der Waals surface area contributed by atoms with Crippen LogP contribution in [0.4, 0.5) is 0 Å². The van der Waals surface area contributed by atoms with E-state index in [0.29, 0.717) is 24.1 Å². The van der Waals surface area contributed by atoms with Crippen molar-refractivity contribution in [2.24, 2.45) is 0 Å². The summed E-state index contributed by atoms with van der Waals surface area (Å²) < 4.78 is 23.9. The average Bonchev–Trinajstić information content (AvgIpc) is 3.07. The standard InChI is InChI=1S/C19H25N3O3S/c1-14-17(20-10-9-19(14,2)25-12-6-11-24-3)13-26(23)18-21-15-7-4-5-8-16(15)22-18/h4-5,7-10,20H,6,11-13H2,1-3H3,(H,21,22). The summed E-state index contributed by atoms with van der Waals surface area (Å²) in [4.78, 5) is 7.58. The van der Waals surface area contributed by atoms with Gasteiger partial charge in [-0.25, -0.2) is 4.98 Å². The molecule has 0 amide bonds. The van der Waals surface area contributed by atoms with Gasteiger partial charge in [-0.05, 0) is 50.3 Å². The first-order valence-corrected chi connectivity index (χ1v) is 9.96. The summed E-state index contributed by atoms with van der Waals surface area (Å²) in [5, 5.41) is 3.71.